The largest absolute Gasteiger partial charge is 0.465 e. The molecule has 1 aromatic heterocycles. The molecule has 0 saturated heterocycles. The summed E-state index contributed by atoms with van der Waals surface area (Å²) < 4.78 is 11.0. The zero-order valence-electron chi connectivity index (χ0n) is 11.7. The maximum Gasteiger partial charge on any atom is 0.316 e. The number of carbonyl (C=O) groups excluding carboxylic acids is 1. The summed E-state index contributed by atoms with van der Waals surface area (Å²) in [5.41, 5.74) is 1.95. The standard InChI is InChI=1S/C16H20O3/c1-4-7-13(16(17)18-5-2)14-10-12-9-6-8-11(3)15(12)19-14/h6,8-10,13H,4-5,7H2,1-3H3. The van der Waals surface area contributed by atoms with Gasteiger partial charge in [0, 0.05) is 5.39 Å². The van der Waals surface area contributed by atoms with Gasteiger partial charge in [-0.25, -0.2) is 0 Å². The minimum atomic E-state index is -0.295. The molecule has 0 fully saturated rings. The number of carbonyl (C=O) groups is 1. The van der Waals surface area contributed by atoms with Crippen molar-refractivity contribution in [1.82, 2.24) is 0 Å². The van der Waals surface area contributed by atoms with Gasteiger partial charge in [-0.05, 0) is 31.9 Å². The highest BCUT2D eigenvalue weighted by atomic mass is 16.5. The molecule has 0 aliphatic rings. The van der Waals surface area contributed by atoms with Crippen molar-refractivity contribution in [3.8, 4) is 0 Å². The van der Waals surface area contributed by atoms with E-state index in [4.69, 9.17) is 9.15 Å². The van der Waals surface area contributed by atoms with Crippen LogP contribution in [0.2, 0.25) is 0 Å². The summed E-state index contributed by atoms with van der Waals surface area (Å²) in [6.07, 6.45) is 1.66. The van der Waals surface area contributed by atoms with Gasteiger partial charge < -0.3 is 9.15 Å². The van der Waals surface area contributed by atoms with Gasteiger partial charge in [-0.2, -0.15) is 0 Å². The monoisotopic (exact) mass is 260 g/mol. The number of benzene rings is 1. The predicted octanol–water partition coefficient (Wildman–Crippen LogP) is 4.19. The molecule has 0 aliphatic carbocycles. The molecule has 0 N–H and O–H groups in total. The highest BCUT2D eigenvalue weighted by molar-refractivity contribution is 5.84. The Bertz CT molecular complexity index is 568. The van der Waals surface area contributed by atoms with Gasteiger partial charge in [0.05, 0.1) is 6.61 Å². The van der Waals surface area contributed by atoms with Crippen LogP contribution in [0, 0.1) is 6.92 Å². The Morgan fingerprint density at radius 2 is 2.16 bits per heavy atom. The van der Waals surface area contributed by atoms with Crippen LogP contribution in [0.5, 0.6) is 0 Å². The number of esters is 1. The number of fused-ring (bicyclic) bond motifs is 1. The highest BCUT2D eigenvalue weighted by Crippen LogP contribution is 2.30. The summed E-state index contributed by atoms with van der Waals surface area (Å²) in [5.74, 6) is 0.224. The Labute approximate surface area is 113 Å². The van der Waals surface area contributed by atoms with Gasteiger partial charge >= 0.3 is 5.97 Å². The van der Waals surface area contributed by atoms with Gasteiger partial charge in [0.25, 0.3) is 0 Å². The normalized spacial score (nSPS) is 12.6. The summed E-state index contributed by atoms with van der Waals surface area (Å²) in [7, 11) is 0. The molecule has 1 unspecified atom stereocenters. The summed E-state index contributed by atoms with van der Waals surface area (Å²) in [6, 6.07) is 7.97. The van der Waals surface area contributed by atoms with E-state index in [-0.39, 0.29) is 11.9 Å². The maximum absolute atomic E-state index is 12.0. The Morgan fingerprint density at radius 1 is 1.37 bits per heavy atom. The third-order valence-electron chi connectivity index (χ3n) is 3.25. The molecule has 0 saturated carbocycles. The number of rotatable bonds is 5. The number of hydrogen-bond donors (Lipinski definition) is 0. The zero-order chi connectivity index (χ0) is 13.8. The van der Waals surface area contributed by atoms with Gasteiger partial charge in [-0.15, -0.1) is 0 Å². The molecule has 1 atom stereocenters. The lowest BCUT2D eigenvalue weighted by Gasteiger charge is -2.11. The number of furan rings is 1. The minimum Gasteiger partial charge on any atom is -0.465 e. The number of hydrogen-bond acceptors (Lipinski definition) is 3. The van der Waals surface area contributed by atoms with E-state index in [2.05, 4.69) is 6.92 Å². The van der Waals surface area contributed by atoms with Crippen LogP contribution in [0.25, 0.3) is 11.0 Å². The van der Waals surface area contributed by atoms with Crippen molar-refractivity contribution in [3.05, 3.63) is 35.6 Å². The van der Waals surface area contributed by atoms with Crippen molar-refractivity contribution in [2.24, 2.45) is 0 Å². The SMILES string of the molecule is CCCC(C(=O)OCC)c1cc2cccc(C)c2o1. The molecule has 0 radical (unpaired) electrons. The molecule has 19 heavy (non-hydrogen) atoms. The van der Waals surface area contributed by atoms with E-state index in [1.165, 1.54) is 0 Å². The Kier molecular flexibility index (Phi) is 4.25. The van der Waals surface area contributed by atoms with Gasteiger partial charge in [-0.3, -0.25) is 4.79 Å². The Balaban J connectivity index is 2.38. The maximum atomic E-state index is 12.0. The van der Waals surface area contributed by atoms with E-state index in [1.807, 2.05) is 38.1 Å². The highest BCUT2D eigenvalue weighted by Gasteiger charge is 2.25. The van der Waals surface area contributed by atoms with Crippen molar-refractivity contribution in [2.45, 2.75) is 39.5 Å². The molecule has 0 bridgehead atoms. The van der Waals surface area contributed by atoms with E-state index in [0.717, 1.165) is 29.4 Å². The third kappa shape index (κ3) is 2.80. The van der Waals surface area contributed by atoms with E-state index >= 15 is 0 Å². The molecule has 1 heterocycles. The second-order valence-corrected chi connectivity index (χ2v) is 4.74. The van der Waals surface area contributed by atoms with Crippen molar-refractivity contribution in [2.75, 3.05) is 6.61 Å². The first-order chi connectivity index (χ1) is 9.17. The average Bonchev–Trinajstić information content (AvgIpc) is 2.81. The fourth-order valence-electron chi connectivity index (χ4n) is 2.31. The van der Waals surface area contributed by atoms with Gasteiger partial charge in [0.1, 0.15) is 17.3 Å². The Morgan fingerprint density at radius 3 is 2.79 bits per heavy atom. The van der Waals surface area contributed by atoms with E-state index in [0.29, 0.717) is 12.4 Å². The number of aryl methyl sites for hydroxylation is 1. The van der Waals surface area contributed by atoms with Crippen molar-refractivity contribution >= 4 is 16.9 Å². The molecule has 3 heteroatoms. The van der Waals surface area contributed by atoms with Gasteiger partial charge in [0.15, 0.2) is 0 Å². The molecule has 1 aromatic carbocycles. The van der Waals surface area contributed by atoms with E-state index in [9.17, 15) is 4.79 Å². The van der Waals surface area contributed by atoms with Crippen LogP contribution in [0.15, 0.2) is 28.7 Å². The second-order valence-electron chi connectivity index (χ2n) is 4.74. The van der Waals surface area contributed by atoms with Crippen molar-refractivity contribution in [1.29, 1.82) is 0 Å². The van der Waals surface area contributed by atoms with Crippen molar-refractivity contribution < 1.29 is 13.9 Å². The summed E-state index contributed by atoms with van der Waals surface area (Å²) in [6.45, 7) is 6.29. The topological polar surface area (TPSA) is 39.4 Å². The smallest absolute Gasteiger partial charge is 0.316 e. The molecule has 0 spiro atoms. The zero-order valence-corrected chi connectivity index (χ0v) is 11.7. The first kappa shape index (κ1) is 13.7. The average molecular weight is 260 g/mol. The van der Waals surface area contributed by atoms with Gasteiger partial charge in [-0.1, -0.05) is 31.5 Å². The third-order valence-corrected chi connectivity index (χ3v) is 3.25. The fourth-order valence-corrected chi connectivity index (χ4v) is 2.31. The second kappa shape index (κ2) is 5.91. The first-order valence-electron chi connectivity index (χ1n) is 6.83. The van der Waals surface area contributed by atoms with Crippen LogP contribution in [-0.4, -0.2) is 12.6 Å². The number of para-hydroxylation sites is 1. The quantitative estimate of drug-likeness (QED) is 0.757. The van der Waals surface area contributed by atoms with E-state index < -0.39 is 0 Å². The lowest BCUT2D eigenvalue weighted by Crippen LogP contribution is -2.15. The lowest BCUT2D eigenvalue weighted by molar-refractivity contribution is -0.145. The lowest BCUT2D eigenvalue weighted by atomic mass is 10.0. The Hall–Kier alpha value is -1.77. The molecule has 0 aliphatic heterocycles. The van der Waals surface area contributed by atoms with Crippen molar-refractivity contribution in [3.63, 3.8) is 0 Å². The van der Waals surface area contributed by atoms with Crippen LogP contribution in [0.1, 0.15) is 43.9 Å². The van der Waals surface area contributed by atoms with Crippen LogP contribution >= 0.6 is 0 Å². The summed E-state index contributed by atoms with van der Waals surface area (Å²) in [5, 5.41) is 1.04. The first-order valence-corrected chi connectivity index (χ1v) is 6.83. The van der Waals surface area contributed by atoms with Crippen LogP contribution < -0.4 is 0 Å². The molecular weight excluding hydrogens is 240 g/mol. The fraction of sp³-hybridized carbons (Fsp3) is 0.438. The van der Waals surface area contributed by atoms with Crippen LogP contribution in [0.4, 0.5) is 0 Å². The van der Waals surface area contributed by atoms with Gasteiger partial charge in [0.2, 0.25) is 0 Å². The van der Waals surface area contributed by atoms with Crippen LogP contribution in [-0.2, 0) is 9.53 Å². The molecule has 0 amide bonds. The molecule has 102 valence electrons. The predicted molar refractivity (Wildman–Crippen MR) is 75.2 cm³/mol. The molecule has 2 rings (SSSR count). The summed E-state index contributed by atoms with van der Waals surface area (Å²) in [4.78, 5) is 12.0. The molecule has 3 nitrogen and oxygen atoms in total. The number of ether oxygens (including phenoxy) is 1. The molecule has 2 aromatic rings. The molecular formula is C16H20O3. The minimum absolute atomic E-state index is 0.193. The van der Waals surface area contributed by atoms with Crippen LogP contribution in [0.3, 0.4) is 0 Å². The van der Waals surface area contributed by atoms with E-state index in [1.54, 1.807) is 0 Å². The summed E-state index contributed by atoms with van der Waals surface area (Å²) >= 11 is 0.